The van der Waals surface area contributed by atoms with Gasteiger partial charge in [0.2, 0.25) is 5.91 Å². The Morgan fingerprint density at radius 3 is 2.32 bits per heavy atom. The number of hydrogen-bond donors (Lipinski definition) is 1. The molecule has 1 saturated heterocycles. The first kappa shape index (κ1) is 27.6. The molecule has 3 aliphatic rings. The highest BCUT2D eigenvalue weighted by Crippen LogP contribution is 2.65. The number of aliphatic carboxylic acids is 1. The number of amides is 1. The summed E-state index contributed by atoms with van der Waals surface area (Å²) in [4.78, 5) is 41.0. The first-order chi connectivity index (χ1) is 17.4. The highest BCUT2D eigenvalue weighted by molar-refractivity contribution is 5.89. The zero-order valence-corrected chi connectivity index (χ0v) is 23.0. The topological polar surface area (TPSA) is 93.1 Å². The van der Waals surface area contributed by atoms with Crippen molar-refractivity contribution in [1.29, 1.82) is 0 Å². The number of nitrogens with zero attached hydrogens (tertiary/aromatic N) is 1. The molecular formula is C30H43NO6. The molecule has 37 heavy (non-hydrogen) atoms. The second-order valence-electron chi connectivity index (χ2n) is 12.9. The molecule has 1 N–H and O–H groups in total. The van der Waals surface area contributed by atoms with E-state index in [1.165, 1.54) is 0 Å². The maximum atomic E-state index is 14.1. The zero-order valence-electron chi connectivity index (χ0n) is 23.0. The minimum atomic E-state index is -0.975. The number of carboxylic acid groups (broad SMARTS) is 1. The Kier molecular flexibility index (Phi) is 7.76. The molecule has 1 aromatic carbocycles. The number of carbonyl (C=O) groups is 3. The van der Waals surface area contributed by atoms with Gasteiger partial charge in [0.15, 0.2) is 0 Å². The summed E-state index contributed by atoms with van der Waals surface area (Å²) in [5, 5.41) is 10.2. The fraction of sp³-hybridized carbons (Fsp3) is 0.700. The van der Waals surface area contributed by atoms with Gasteiger partial charge in [-0.3, -0.25) is 9.59 Å². The number of benzene rings is 1. The van der Waals surface area contributed by atoms with Gasteiger partial charge in [-0.25, -0.2) is 4.79 Å². The van der Waals surface area contributed by atoms with Crippen LogP contribution in [0.2, 0.25) is 0 Å². The van der Waals surface area contributed by atoms with Gasteiger partial charge in [-0.2, -0.15) is 0 Å². The third-order valence-electron chi connectivity index (χ3n) is 8.99. The number of hydrogen-bond acceptors (Lipinski definition) is 5. The summed E-state index contributed by atoms with van der Waals surface area (Å²) < 4.78 is 11.6. The van der Waals surface area contributed by atoms with Crippen molar-refractivity contribution in [2.45, 2.75) is 91.4 Å². The van der Waals surface area contributed by atoms with Crippen LogP contribution in [0.3, 0.4) is 0 Å². The molecular weight excluding hydrogens is 470 g/mol. The molecule has 204 valence electrons. The van der Waals surface area contributed by atoms with E-state index < -0.39 is 29.5 Å². The molecule has 5 atom stereocenters. The van der Waals surface area contributed by atoms with Crippen molar-refractivity contribution < 1.29 is 29.0 Å². The summed E-state index contributed by atoms with van der Waals surface area (Å²) in [6.07, 6.45) is 4.85. The van der Waals surface area contributed by atoms with Crippen molar-refractivity contribution in [3.63, 3.8) is 0 Å². The lowest BCUT2D eigenvalue weighted by Crippen LogP contribution is -2.52. The van der Waals surface area contributed by atoms with Gasteiger partial charge in [0.05, 0.1) is 25.6 Å². The predicted molar refractivity (Wildman–Crippen MR) is 139 cm³/mol. The third-order valence-corrected chi connectivity index (χ3v) is 8.99. The van der Waals surface area contributed by atoms with Crippen molar-refractivity contribution in [2.75, 3.05) is 13.2 Å². The van der Waals surface area contributed by atoms with Gasteiger partial charge < -0.3 is 19.5 Å². The van der Waals surface area contributed by atoms with Crippen molar-refractivity contribution in [3.8, 4) is 0 Å². The summed E-state index contributed by atoms with van der Waals surface area (Å²) in [6, 6.07) is 9.02. The minimum Gasteiger partial charge on any atom is -0.480 e. The van der Waals surface area contributed by atoms with Crippen LogP contribution in [0.4, 0.5) is 0 Å². The lowest BCUT2D eigenvalue weighted by Gasteiger charge is -2.42. The van der Waals surface area contributed by atoms with Gasteiger partial charge >= 0.3 is 11.9 Å². The number of piperidine rings is 1. The third kappa shape index (κ3) is 5.87. The molecule has 2 saturated carbocycles. The Labute approximate surface area is 220 Å². The summed E-state index contributed by atoms with van der Waals surface area (Å²) in [5.74, 6) is -2.23. The minimum absolute atomic E-state index is 0.0117. The number of carboxylic acids is 1. The van der Waals surface area contributed by atoms with Crippen LogP contribution >= 0.6 is 0 Å². The lowest BCUT2D eigenvalue weighted by atomic mass is 9.65. The van der Waals surface area contributed by atoms with Gasteiger partial charge in [0.1, 0.15) is 11.6 Å². The smallest absolute Gasteiger partial charge is 0.326 e. The van der Waals surface area contributed by atoms with Crippen LogP contribution in [0.15, 0.2) is 30.3 Å². The number of fused-ring (bicyclic) bond motifs is 1. The van der Waals surface area contributed by atoms with Crippen LogP contribution in [0.1, 0.15) is 78.7 Å². The van der Waals surface area contributed by atoms with Crippen molar-refractivity contribution in [3.05, 3.63) is 35.9 Å². The van der Waals surface area contributed by atoms with Crippen LogP contribution in [0.5, 0.6) is 0 Å². The second-order valence-corrected chi connectivity index (χ2v) is 12.9. The average Bonchev–Trinajstić information content (AvgIpc) is 3.17. The van der Waals surface area contributed by atoms with Crippen LogP contribution in [-0.4, -0.2) is 52.6 Å². The van der Waals surface area contributed by atoms with Gasteiger partial charge in [-0.05, 0) is 50.5 Å². The standard InChI is InChI=1S/C30H43NO6/c1-28(2,3)37-23(32)16-21(29(4)14-10-7-11-15-29)26(33)31-17-22-24(25(31)27(34)35)30(22,5)19-36-18-20-12-8-6-9-13-20/h6,8-9,12-13,21-22,24-25H,7,10-11,14-19H2,1-5H3,(H,34,35)/t21-,22+,24+,25+,30-/m1/s1. The summed E-state index contributed by atoms with van der Waals surface area (Å²) in [7, 11) is 0. The molecule has 0 bridgehead atoms. The van der Waals surface area contributed by atoms with Crippen molar-refractivity contribution in [1.82, 2.24) is 4.90 Å². The normalized spacial score (nSPS) is 29.3. The van der Waals surface area contributed by atoms with E-state index in [9.17, 15) is 19.5 Å². The SMILES string of the molecule is CC(C)(C)OC(=O)C[C@H](C(=O)N1C[C@H]2[C@@H]([C@H]1C(=O)O)[C@]2(C)COCc1ccccc1)C1(C)CCCCC1. The Bertz CT molecular complexity index is 995. The first-order valence-electron chi connectivity index (χ1n) is 13.7. The Hall–Kier alpha value is -2.41. The van der Waals surface area contributed by atoms with Crippen LogP contribution in [-0.2, 0) is 30.5 Å². The van der Waals surface area contributed by atoms with E-state index in [-0.39, 0.29) is 35.0 Å². The molecule has 3 fully saturated rings. The van der Waals surface area contributed by atoms with E-state index in [0.29, 0.717) is 19.8 Å². The molecule has 7 nitrogen and oxygen atoms in total. The van der Waals surface area contributed by atoms with Crippen molar-refractivity contribution in [2.24, 2.45) is 28.6 Å². The summed E-state index contributed by atoms with van der Waals surface area (Å²) >= 11 is 0. The van der Waals surface area contributed by atoms with Gasteiger partial charge in [-0.1, -0.05) is 63.4 Å². The molecule has 0 aromatic heterocycles. The summed E-state index contributed by atoms with van der Waals surface area (Å²) in [5.41, 5.74) is -0.179. The van der Waals surface area contributed by atoms with Crippen LogP contribution in [0.25, 0.3) is 0 Å². The number of carbonyl (C=O) groups excluding carboxylic acids is 2. The molecule has 1 amide bonds. The van der Waals surface area contributed by atoms with E-state index >= 15 is 0 Å². The maximum Gasteiger partial charge on any atom is 0.326 e. The summed E-state index contributed by atoms with van der Waals surface area (Å²) in [6.45, 7) is 11.0. The lowest BCUT2D eigenvalue weighted by molar-refractivity contribution is -0.163. The fourth-order valence-electron chi connectivity index (χ4n) is 6.89. The van der Waals surface area contributed by atoms with E-state index in [4.69, 9.17) is 9.47 Å². The molecule has 0 radical (unpaired) electrons. The average molecular weight is 514 g/mol. The second kappa shape index (κ2) is 10.4. The quantitative estimate of drug-likeness (QED) is 0.464. The molecule has 1 heterocycles. The largest absolute Gasteiger partial charge is 0.480 e. The highest BCUT2D eigenvalue weighted by Gasteiger charge is 2.72. The number of rotatable bonds is 9. The Balaban J connectivity index is 1.48. The molecule has 4 rings (SSSR count). The molecule has 1 aromatic rings. The Morgan fingerprint density at radius 2 is 1.73 bits per heavy atom. The predicted octanol–water partition coefficient (Wildman–Crippen LogP) is 5.07. The molecule has 2 aliphatic carbocycles. The number of likely N-dealkylation sites (tertiary alicyclic amines) is 1. The van der Waals surface area contributed by atoms with E-state index in [2.05, 4.69) is 13.8 Å². The molecule has 0 unspecified atom stereocenters. The van der Waals surface area contributed by atoms with Crippen molar-refractivity contribution >= 4 is 17.8 Å². The first-order valence-corrected chi connectivity index (χ1v) is 13.7. The van der Waals surface area contributed by atoms with E-state index in [1.807, 2.05) is 51.1 Å². The maximum absolute atomic E-state index is 14.1. The van der Waals surface area contributed by atoms with Gasteiger partial charge in [0, 0.05) is 17.9 Å². The Morgan fingerprint density at radius 1 is 1.08 bits per heavy atom. The van der Waals surface area contributed by atoms with Gasteiger partial charge in [0.25, 0.3) is 0 Å². The fourth-order valence-corrected chi connectivity index (χ4v) is 6.89. The van der Waals surface area contributed by atoms with Gasteiger partial charge in [-0.15, -0.1) is 0 Å². The molecule has 7 heteroatoms. The molecule has 0 spiro atoms. The number of ether oxygens (including phenoxy) is 2. The highest BCUT2D eigenvalue weighted by atomic mass is 16.6. The monoisotopic (exact) mass is 513 g/mol. The van der Waals surface area contributed by atoms with E-state index in [1.54, 1.807) is 4.90 Å². The number of esters is 1. The zero-order chi connectivity index (χ0) is 27.0. The van der Waals surface area contributed by atoms with E-state index in [0.717, 1.165) is 37.7 Å². The molecule has 1 aliphatic heterocycles. The van der Waals surface area contributed by atoms with Crippen LogP contribution in [0, 0.1) is 28.6 Å². The van der Waals surface area contributed by atoms with Crippen LogP contribution < -0.4 is 0 Å².